The first kappa shape index (κ1) is 21.8. The maximum absolute atomic E-state index is 9.55. The summed E-state index contributed by atoms with van der Waals surface area (Å²) in [5.74, 6) is 0.757. The number of hydrogen-bond donors (Lipinski definition) is 1. The van der Waals surface area contributed by atoms with Gasteiger partial charge in [0.05, 0.1) is 0 Å². The van der Waals surface area contributed by atoms with Gasteiger partial charge in [-0.3, -0.25) is 9.80 Å². The molecule has 3 rings (SSSR count). The number of likely N-dealkylation sites (tertiary alicyclic amines) is 1. The van der Waals surface area contributed by atoms with Gasteiger partial charge < -0.3 is 10.0 Å². The predicted octanol–water partition coefficient (Wildman–Crippen LogP) is 3.11. The summed E-state index contributed by atoms with van der Waals surface area (Å²) in [6.07, 6.45) is 5.95. The fourth-order valence-corrected chi connectivity index (χ4v) is 4.83. The van der Waals surface area contributed by atoms with E-state index in [1.165, 1.54) is 70.5 Å². The summed E-state index contributed by atoms with van der Waals surface area (Å²) in [6, 6.07) is 12.1. The smallest absolute Gasteiger partial charge is 0.0446 e. The summed E-state index contributed by atoms with van der Waals surface area (Å²) in [5, 5.41) is 9.55. The lowest BCUT2D eigenvalue weighted by molar-refractivity contribution is 0.0153. The first-order valence-electron chi connectivity index (χ1n) is 11.5. The van der Waals surface area contributed by atoms with Gasteiger partial charge in [0.25, 0.3) is 0 Å². The third kappa shape index (κ3) is 6.55. The minimum Gasteiger partial charge on any atom is -0.396 e. The molecule has 2 heterocycles. The number of aliphatic hydroxyl groups is 1. The van der Waals surface area contributed by atoms with Crippen LogP contribution < -0.4 is 0 Å². The first-order valence-corrected chi connectivity index (χ1v) is 11.5. The summed E-state index contributed by atoms with van der Waals surface area (Å²) in [5.41, 5.74) is 1.45. The molecule has 0 saturated carbocycles. The molecule has 4 heteroatoms. The molecule has 2 saturated heterocycles. The SMILES string of the molecule is CC(C)CCN1CCN(C2CCN(CCc3ccccc3)CC2)C[C@@H]1CCO. The zero-order valence-corrected chi connectivity index (χ0v) is 18.1. The molecular formula is C24H41N3O. The number of rotatable bonds is 9. The van der Waals surface area contributed by atoms with Crippen LogP contribution in [0.3, 0.4) is 0 Å². The average molecular weight is 388 g/mol. The molecule has 4 nitrogen and oxygen atoms in total. The van der Waals surface area contributed by atoms with Crippen LogP contribution in [-0.2, 0) is 6.42 Å². The summed E-state index contributed by atoms with van der Waals surface area (Å²) in [4.78, 5) is 8.02. The van der Waals surface area contributed by atoms with Gasteiger partial charge in [0.15, 0.2) is 0 Å². The Morgan fingerprint density at radius 3 is 2.43 bits per heavy atom. The average Bonchev–Trinajstić information content (AvgIpc) is 2.72. The van der Waals surface area contributed by atoms with Crippen LogP contribution in [-0.4, -0.2) is 84.3 Å². The molecule has 0 amide bonds. The van der Waals surface area contributed by atoms with Crippen molar-refractivity contribution < 1.29 is 5.11 Å². The van der Waals surface area contributed by atoms with Gasteiger partial charge in [-0.05, 0) is 63.2 Å². The van der Waals surface area contributed by atoms with Crippen LogP contribution in [0.15, 0.2) is 30.3 Å². The topological polar surface area (TPSA) is 30.0 Å². The molecule has 1 atom stereocenters. The lowest BCUT2D eigenvalue weighted by atomic mass is 9.98. The Morgan fingerprint density at radius 1 is 1.00 bits per heavy atom. The van der Waals surface area contributed by atoms with Gasteiger partial charge in [-0.1, -0.05) is 44.2 Å². The highest BCUT2D eigenvalue weighted by Gasteiger charge is 2.32. The molecule has 1 aromatic rings. The zero-order chi connectivity index (χ0) is 19.8. The van der Waals surface area contributed by atoms with Gasteiger partial charge >= 0.3 is 0 Å². The summed E-state index contributed by atoms with van der Waals surface area (Å²) >= 11 is 0. The van der Waals surface area contributed by atoms with E-state index in [4.69, 9.17) is 0 Å². The molecule has 158 valence electrons. The summed E-state index contributed by atoms with van der Waals surface area (Å²) in [6.45, 7) is 13.3. The van der Waals surface area contributed by atoms with Crippen LogP contribution in [0.2, 0.25) is 0 Å². The third-order valence-electron chi connectivity index (χ3n) is 6.73. The lowest BCUT2D eigenvalue weighted by Gasteiger charge is -2.46. The van der Waals surface area contributed by atoms with Gasteiger partial charge in [-0.15, -0.1) is 0 Å². The van der Waals surface area contributed by atoms with Crippen molar-refractivity contribution in [3.8, 4) is 0 Å². The van der Waals surface area contributed by atoms with Crippen molar-refractivity contribution in [2.75, 3.05) is 52.4 Å². The number of nitrogens with zero attached hydrogens (tertiary/aromatic N) is 3. The van der Waals surface area contributed by atoms with E-state index in [1.807, 2.05) is 0 Å². The first-order chi connectivity index (χ1) is 13.7. The Morgan fingerprint density at radius 2 is 1.75 bits per heavy atom. The monoisotopic (exact) mass is 387 g/mol. The molecule has 0 unspecified atom stereocenters. The highest BCUT2D eigenvalue weighted by Crippen LogP contribution is 2.22. The zero-order valence-electron chi connectivity index (χ0n) is 18.1. The van der Waals surface area contributed by atoms with Crippen molar-refractivity contribution in [3.63, 3.8) is 0 Å². The van der Waals surface area contributed by atoms with E-state index < -0.39 is 0 Å². The lowest BCUT2D eigenvalue weighted by Crippen LogP contribution is -2.58. The second-order valence-corrected chi connectivity index (χ2v) is 9.19. The van der Waals surface area contributed by atoms with Gasteiger partial charge in [0, 0.05) is 44.9 Å². The summed E-state index contributed by atoms with van der Waals surface area (Å²) < 4.78 is 0. The van der Waals surface area contributed by atoms with Crippen LogP contribution in [0.1, 0.15) is 45.1 Å². The number of aliphatic hydroxyl groups excluding tert-OH is 1. The second kappa shape index (κ2) is 11.3. The molecule has 0 bridgehead atoms. The Balaban J connectivity index is 1.42. The van der Waals surface area contributed by atoms with Gasteiger partial charge in [0.1, 0.15) is 0 Å². The van der Waals surface area contributed by atoms with Gasteiger partial charge in [-0.25, -0.2) is 0 Å². The van der Waals surface area contributed by atoms with Crippen molar-refractivity contribution >= 4 is 0 Å². The van der Waals surface area contributed by atoms with Crippen molar-refractivity contribution in [2.45, 2.75) is 58.0 Å². The highest BCUT2D eigenvalue weighted by molar-refractivity contribution is 5.14. The fourth-order valence-electron chi connectivity index (χ4n) is 4.83. The molecule has 0 spiro atoms. The minimum absolute atomic E-state index is 0.314. The Hall–Kier alpha value is -0.940. The summed E-state index contributed by atoms with van der Waals surface area (Å²) in [7, 11) is 0. The van der Waals surface area contributed by atoms with Crippen molar-refractivity contribution in [1.29, 1.82) is 0 Å². The molecule has 0 radical (unpaired) electrons. The van der Waals surface area contributed by atoms with E-state index in [2.05, 4.69) is 58.9 Å². The van der Waals surface area contributed by atoms with Crippen molar-refractivity contribution in [1.82, 2.24) is 14.7 Å². The minimum atomic E-state index is 0.314. The van der Waals surface area contributed by atoms with Crippen molar-refractivity contribution in [2.24, 2.45) is 5.92 Å². The third-order valence-corrected chi connectivity index (χ3v) is 6.73. The molecule has 1 N–H and O–H groups in total. The molecule has 0 aliphatic carbocycles. The molecule has 0 aromatic heterocycles. The number of benzene rings is 1. The molecule has 2 aliphatic rings. The Kier molecular flexibility index (Phi) is 8.78. The van der Waals surface area contributed by atoms with Crippen LogP contribution in [0, 0.1) is 5.92 Å². The molecule has 1 aromatic carbocycles. The van der Waals surface area contributed by atoms with E-state index >= 15 is 0 Å². The van der Waals surface area contributed by atoms with Crippen LogP contribution in [0.5, 0.6) is 0 Å². The quantitative estimate of drug-likeness (QED) is 0.705. The van der Waals surface area contributed by atoms with Crippen LogP contribution in [0.4, 0.5) is 0 Å². The van der Waals surface area contributed by atoms with Crippen LogP contribution >= 0.6 is 0 Å². The maximum atomic E-state index is 9.55. The largest absolute Gasteiger partial charge is 0.396 e. The van der Waals surface area contributed by atoms with Gasteiger partial charge in [-0.2, -0.15) is 0 Å². The van der Waals surface area contributed by atoms with Crippen LogP contribution in [0.25, 0.3) is 0 Å². The normalized spacial score (nSPS) is 23.5. The van der Waals surface area contributed by atoms with E-state index in [1.54, 1.807) is 0 Å². The second-order valence-electron chi connectivity index (χ2n) is 9.19. The molecule has 28 heavy (non-hydrogen) atoms. The fraction of sp³-hybridized carbons (Fsp3) is 0.750. The highest BCUT2D eigenvalue weighted by atomic mass is 16.3. The van der Waals surface area contributed by atoms with Crippen molar-refractivity contribution in [3.05, 3.63) is 35.9 Å². The Bertz CT molecular complexity index is 542. The molecule has 2 aliphatic heterocycles. The number of piperazine rings is 1. The molecule has 2 fully saturated rings. The Labute approximate surface area is 172 Å². The maximum Gasteiger partial charge on any atom is 0.0446 e. The predicted molar refractivity (Wildman–Crippen MR) is 118 cm³/mol. The van der Waals surface area contributed by atoms with E-state index in [0.29, 0.717) is 12.6 Å². The number of hydrogen-bond acceptors (Lipinski definition) is 4. The molecular weight excluding hydrogens is 346 g/mol. The van der Waals surface area contributed by atoms with E-state index in [0.717, 1.165) is 24.9 Å². The van der Waals surface area contributed by atoms with E-state index in [9.17, 15) is 5.11 Å². The van der Waals surface area contributed by atoms with E-state index in [-0.39, 0.29) is 0 Å². The van der Waals surface area contributed by atoms with Gasteiger partial charge in [0.2, 0.25) is 0 Å². The number of piperidine rings is 1. The standard InChI is InChI=1S/C24H41N3O/c1-21(2)8-16-26-17-18-27(20-24(26)12-19-28)23-10-14-25(15-11-23)13-9-22-6-4-3-5-7-22/h3-7,21,23-24,28H,8-20H2,1-2H3/t24-/m0/s1.